The third-order valence-corrected chi connectivity index (χ3v) is 3.28. The summed E-state index contributed by atoms with van der Waals surface area (Å²) in [4.78, 5) is 12.0. The molecule has 0 amide bonds. The smallest absolute Gasteiger partial charge is 0.165 e. The van der Waals surface area contributed by atoms with E-state index in [0.717, 1.165) is 23.3 Å². The van der Waals surface area contributed by atoms with E-state index in [2.05, 4.69) is 0 Å². The largest absolute Gasteiger partial charge is 0.294 e. The molecule has 0 bridgehead atoms. The second-order valence-corrected chi connectivity index (χ2v) is 5.18. The van der Waals surface area contributed by atoms with Crippen LogP contribution in [-0.4, -0.2) is 5.78 Å². The number of ketones is 1. The van der Waals surface area contributed by atoms with Crippen LogP contribution in [0.25, 0.3) is 11.1 Å². The van der Waals surface area contributed by atoms with Gasteiger partial charge in [-0.25, -0.2) is 8.78 Å². The zero-order valence-corrected chi connectivity index (χ0v) is 11.7. The van der Waals surface area contributed by atoms with E-state index in [4.69, 9.17) is 0 Å². The number of carbonyl (C=O) groups is 1. The van der Waals surface area contributed by atoms with Gasteiger partial charge in [-0.3, -0.25) is 4.79 Å². The van der Waals surface area contributed by atoms with Crippen molar-refractivity contribution in [2.75, 3.05) is 0 Å². The maximum absolute atomic E-state index is 13.3. The van der Waals surface area contributed by atoms with Crippen molar-refractivity contribution in [3.63, 3.8) is 0 Å². The van der Waals surface area contributed by atoms with Crippen LogP contribution in [0.4, 0.5) is 8.78 Å². The zero-order chi connectivity index (χ0) is 14.9. The molecule has 1 nitrogen and oxygen atoms in total. The zero-order valence-electron chi connectivity index (χ0n) is 11.7. The van der Waals surface area contributed by atoms with Gasteiger partial charge in [-0.05, 0) is 41.8 Å². The standard InChI is InChI=1S/C17H16F2O/c1-10(2)17(20)13-5-4-11(3)14(8-13)12-6-7-15(18)16(19)9-12/h4-10H,1-3H3. The van der Waals surface area contributed by atoms with Crippen LogP contribution in [0.2, 0.25) is 0 Å². The van der Waals surface area contributed by atoms with Crippen LogP contribution in [0.1, 0.15) is 29.8 Å². The van der Waals surface area contributed by atoms with Crippen LogP contribution in [0.5, 0.6) is 0 Å². The van der Waals surface area contributed by atoms with Crippen LogP contribution in [0.3, 0.4) is 0 Å². The third-order valence-electron chi connectivity index (χ3n) is 3.28. The van der Waals surface area contributed by atoms with Crippen molar-refractivity contribution < 1.29 is 13.6 Å². The van der Waals surface area contributed by atoms with Gasteiger partial charge in [0.05, 0.1) is 0 Å². The summed E-state index contributed by atoms with van der Waals surface area (Å²) in [5, 5.41) is 0. The van der Waals surface area contributed by atoms with Crippen LogP contribution >= 0.6 is 0 Å². The predicted octanol–water partition coefficient (Wildman–Crippen LogP) is 4.78. The first kappa shape index (κ1) is 14.4. The summed E-state index contributed by atoms with van der Waals surface area (Å²) in [6, 6.07) is 9.10. The Balaban J connectivity index is 2.53. The van der Waals surface area contributed by atoms with Crippen molar-refractivity contribution in [1.82, 2.24) is 0 Å². The number of halogens is 2. The van der Waals surface area contributed by atoms with Gasteiger partial charge in [0.2, 0.25) is 0 Å². The van der Waals surface area contributed by atoms with Crippen molar-refractivity contribution in [2.45, 2.75) is 20.8 Å². The Kier molecular flexibility index (Phi) is 3.98. The van der Waals surface area contributed by atoms with Gasteiger partial charge in [-0.15, -0.1) is 0 Å². The Labute approximate surface area is 117 Å². The minimum atomic E-state index is -0.887. The minimum Gasteiger partial charge on any atom is -0.294 e. The first-order valence-electron chi connectivity index (χ1n) is 6.50. The molecule has 2 aromatic carbocycles. The molecule has 0 heterocycles. The van der Waals surface area contributed by atoms with Gasteiger partial charge in [0.15, 0.2) is 17.4 Å². The molecule has 0 atom stereocenters. The van der Waals surface area contributed by atoms with Crippen LogP contribution in [-0.2, 0) is 0 Å². The van der Waals surface area contributed by atoms with Gasteiger partial charge in [0.25, 0.3) is 0 Å². The summed E-state index contributed by atoms with van der Waals surface area (Å²) in [7, 11) is 0. The second kappa shape index (κ2) is 5.53. The average molecular weight is 274 g/mol. The summed E-state index contributed by atoms with van der Waals surface area (Å²) in [6.45, 7) is 5.54. The quantitative estimate of drug-likeness (QED) is 0.736. The highest BCUT2D eigenvalue weighted by Crippen LogP contribution is 2.27. The normalized spacial score (nSPS) is 10.9. The fourth-order valence-corrected chi connectivity index (χ4v) is 2.08. The lowest BCUT2D eigenvalue weighted by molar-refractivity contribution is 0.0939. The Morgan fingerprint density at radius 3 is 2.30 bits per heavy atom. The molecular formula is C17H16F2O. The lowest BCUT2D eigenvalue weighted by Gasteiger charge is -2.10. The molecule has 0 saturated heterocycles. The molecule has 0 unspecified atom stereocenters. The Morgan fingerprint density at radius 2 is 1.70 bits per heavy atom. The van der Waals surface area contributed by atoms with E-state index in [1.54, 1.807) is 12.1 Å². The van der Waals surface area contributed by atoms with Crippen molar-refractivity contribution >= 4 is 5.78 Å². The summed E-state index contributed by atoms with van der Waals surface area (Å²) >= 11 is 0. The van der Waals surface area contributed by atoms with Crippen LogP contribution in [0.15, 0.2) is 36.4 Å². The average Bonchev–Trinajstić information content (AvgIpc) is 2.41. The first-order valence-corrected chi connectivity index (χ1v) is 6.50. The molecule has 0 aliphatic rings. The third kappa shape index (κ3) is 2.77. The molecule has 0 aromatic heterocycles. The fraction of sp³-hybridized carbons (Fsp3) is 0.235. The highest BCUT2D eigenvalue weighted by atomic mass is 19.2. The van der Waals surface area contributed by atoms with Gasteiger partial charge in [0, 0.05) is 11.5 Å². The highest BCUT2D eigenvalue weighted by Gasteiger charge is 2.13. The molecule has 2 rings (SSSR count). The lowest BCUT2D eigenvalue weighted by atomic mass is 9.94. The van der Waals surface area contributed by atoms with E-state index in [0.29, 0.717) is 11.1 Å². The van der Waals surface area contributed by atoms with E-state index >= 15 is 0 Å². The SMILES string of the molecule is Cc1ccc(C(=O)C(C)C)cc1-c1ccc(F)c(F)c1. The number of benzene rings is 2. The van der Waals surface area contributed by atoms with Crippen molar-refractivity contribution in [3.8, 4) is 11.1 Å². The number of hydrogen-bond acceptors (Lipinski definition) is 1. The first-order chi connectivity index (χ1) is 9.40. The van der Waals surface area contributed by atoms with Gasteiger partial charge in [0.1, 0.15) is 0 Å². The molecule has 0 saturated carbocycles. The highest BCUT2D eigenvalue weighted by molar-refractivity contribution is 5.98. The van der Waals surface area contributed by atoms with Crippen LogP contribution < -0.4 is 0 Å². The lowest BCUT2D eigenvalue weighted by Crippen LogP contribution is -2.07. The second-order valence-electron chi connectivity index (χ2n) is 5.18. The monoisotopic (exact) mass is 274 g/mol. The molecule has 0 aliphatic carbocycles. The molecule has 20 heavy (non-hydrogen) atoms. The van der Waals surface area contributed by atoms with Gasteiger partial charge < -0.3 is 0 Å². The maximum atomic E-state index is 13.3. The van der Waals surface area contributed by atoms with Crippen molar-refractivity contribution in [2.24, 2.45) is 5.92 Å². The Bertz CT molecular complexity index is 660. The number of aryl methyl sites for hydroxylation is 1. The van der Waals surface area contributed by atoms with E-state index in [9.17, 15) is 13.6 Å². The number of carbonyl (C=O) groups excluding carboxylic acids is 1. The number of hydrogen-bond donors (Lipinski definition) is 0. The fourth-order valence-electron chi connectivity index (χ4n) is 2.08. The molecule has 2 aromatic rings. The van der Waals surface area contributed by atoms with E-state index in [1.807, 2.05) is 26.8 Å². The van der Waals surface area contributed by atoms with E-state index < -0.39 is 11.6 Å². The molecule has 0 radical (unpaired) electrons. The predicted molar refractivity (Wildman–Crippen MR) is 75.7 cm³/mol. The molecular weight excluding hydrogens is 258 g/mol. The molecule has 3 heteroatoms. The Morgan fingerprint density at radius 1 is 1.00 bits per heavy atom. The number of rotatable bonds is 3. The van der Waals surface area contributed by atoms with Crippen molar-refractivity contribution in [1.29, 1.82) is 0 Å². The number of Topliss-reactive ketones (excluding diaryl/α,β-unsaturated/α-hetero) is 1. The summed E-state index contributed by atoms with van der Waals surface area (Å²) in [5.41, 5.74) is 2.82. The minimum absolute atomic E-state index is 0.0360. The van der Waals surface area contributed by atoms with Crippen molar-refractivity contribution in [3.05, 3.63) is 59.2 Å². The summed E-state index contributed by atoms with van der Waals surface area (Å²) in [6.07, 6.45) is 0. The van der Waals surface area contributed by atoms with Gasteiger partial charge >= 0.3 is 0 Å². The molecule has 0 N–H and O–H groups in total. The molecule has 0 aliphatic heterocycles. The topological polar surface area (TPSA) is 17.1 Å². The maximum Gasteiger partial charge on any atom is 0.165 e. The van der Waals surface area contributed by atoms with E-state index in [-0.39, 0.29) is 11.7 Å². The Hall–Kier alpha value is -2.03. The van der Waals surface area contributed by atoms with Crippen LogP contribution in [0, 0.1) is 24.5 Å². The molecule has 0 spiro atoms. The molecule has 104 valence electrons. The summed E-state index contributed by atoms with van der Waals surface area (Å²) < 4.78 is 26.3. The van der Waals surface area contributed by atoms with Gasteiger partial charge in [-0.2, -0.15) is 0 Å². The molecule has 0 fully saturated rings. The van der Waals surface area contributed by atoms with Gasteiger partial charge in [-0.1, -0.05) is 32.0 Å². The summed E-state index contributed by atoms with van der Waals surface area (Å²) in [5.74, 6) is -1.83. The van der Waals surface area contributed by atoms with E-state index in [1.165, 1.54) is 6.07 Å².